The molecule has 8 aliphatic carbocycles. The molecular formula is C44H64O10. The van der Waals surface area contributed by atoms with Crippen molar-refractivity contribution in [2.75, 3.05) is 0 Å². The maximum Gasteiger partial charge on any atom is 0.306 e. The number of ether oxygens (including phenoxy) is 2. The van der Waals surface area contributed by atoms with E-state index in [1.165, 1.54) is 0 Å². The lowest BCUT2D eigenvalue weighted by Crippen LogP contribution is -2.68. The molecule has 2 saturated heterocycles. The fraction of sp³-hybridized carbons (Fsp3) is 0.909. The number of aliphatic hydroxyl groups is 4. The lowest BCUT2D eigenvalue weighted by atomic mass is 9.42. The van der Waals surface area contributed by atoms with Gasteiger partial charge >= 0.3 is 11.9 Å². The van der Waals surface area contributed by atoms with Gasteiger partial charge in [-0.25, -0.2) is 0 Å². The van der Waals surface area contributed by atoms with E-state index in [2.05, 4.69) is 27.7 Å². The van der Waals surface area contributed by atoms with E-state index >= 15 is 0 Å². The Bertz CT molecular complexity index is 1530. The van der Waals surface area contributed by atoms with Crippen molar-refractivity contribution in [2.45, 2.75) is 191 Å². The van der Waals surface area contributed by atoms with Crippen molar-refractivity contribution in [3.8, 4) is 0 Å². The SMILES string of the molecule is CC12CCC3C(CCC4(O)C(O)C(=O)CCC34C)C1CCC21CCC(=O)O1.CC12CCC3C(CCC4(O)C(O)C(=O)CCC34C)C1CCC21CCC(=O)O1. The minimum atomic E-state index is -1.28. The largest absolute Gasteiger partial charge is 0.458 e. The van der Waals surface area contributed by atoms with Crippen molar-refractivity contribution >= 4 is 23.5 Å². The van der Waals surface area contributed by atoms with E-state index in [4.69, 9.17) is 9.47 Å². The molecule has 54 heavy (non-hydrogen) atoms. The standard InChI is InChI=1S/2C22H32O5/c2*1-19-8-4-15-13(14(19)5-10-21(19)11-7-17(24)27-21)3-12-22(26)18(25)16(23)6-9-20(15,22)2/h2*13-15,18,25-26H,3-12H2,1-2H3. The highest BCUT2D eigenvalue weighted by molar-refractivity contribution is 5.86. The van der Waals surface area contributed by atoms with Crippen LogP contribution in [0.15, 0.2) is 0 Å². The van der Waals surface area contributed by atoms with Crippen LogP contribution in [0.1, 0.15) is 156 Å². The third-order valence-corrected chi connectivity index (χ3v) is 20.2. The number of carbonyl (C=O) groups excluding carboxylic acids is 4. The highest BCUT2D eigenvalue weighted by Gasteiger charge is 2.73. The first kappa shape index (κ1) is 37.7. The lowest BCUT2D eigenvalue weighted by Gasteiger charge is -2.64. The molecule has 0 aromatic heterocycles. The summed E-state index contributed by atoms with van der Waals surface area (Å²) in [6.07, 6.45) is 13.2. The Morgan fingerprint density at radius 3 is 1.15 bits per heavy atom. The van der Waals surface area contributed by atoms with Crippen molar-refractivity contribution in [1.29, 1.82) is 0 Å². The first-order valence-electron chi connectivity index (χ1n) is 21.6. The van der Waals surface area contributed by atoms with Gasteiger partial charge in [-0.2, -0.15) is 0 Å². The number of esters is 2. The number of ketones is 2. The highest BCUT2D eigenvalue weighted by atomic mass is 16.6. The summed E-state index contributed by atoms with van der Waals surface area (Å²) in [4.78, 5) is 48.1. The topological polar surface area (TPSA) is 168 Å². The molecule has 10 heteroatoms. The Labute approximate surface area is 319 Å². The molecule has 2 spiro atoms. The molecule has 16 unspecified atom stereocenters. The summed E-state index contributed by atoms with van der Waals surface area (Å²) in [5.74, 6) is 2.11. The number of carbonyl (C=O) groups is 4. The second kappa shape index (κ2) is 11.8. The number of rotatable bonds is 0. The molecule has 0 radical (unpaired) electrons. The molecule has 10 rings (SSSR count). The predicted octanol–water partition coefficient (Wildman–Crippen LogP) is 5.52. The van der Waals surface area contributed by atoms with Gasteiger partial charge in [0, 0.05) is 47.3 Å². The molecule has 10 fully saturated rings. The van der Waals surface area contributed by atoms with Gasteiger partial charge in [0.2, 0.25) is 0 Å². The number of hydrogen-bond donors (Lipinski definition) is 4. The molecule has 8 saturated carbocycles. The molecule has 0 amide bonds. The van der Waals surface area contributed by atoms with E-state index in [9.17, 15) is 39.6 Å². The average Bonchev–Trinajstić information content (AvgIpc) is 3.88. The molecule has 4 N–H and O–H groups in total. The van der Waals surface area contributed by atoms with Crippen LogP contribution < -0.4 is 0 Å². The highest BCUT2D eigenvalue weighted by Crippen LogP contribution is 2.72. The molecule has 16 atom stereocenters. The van der Waals surface area contributed by atoms with Gasteiger partial charge in [-0.3, -0.25) is 19.2 Å². The zero-order valence-corrected chi connectivity index (χ0v) is 33.0. The molecular weight excluding hydrogens is 688 g/mol. The first-order chi connectivity index (χ1) is 25.3. The Morgan fingerprint density at radius 2 is 0.796 bits per heavy atom. The third kappa shape index (κ3) is 4.49. The average molecular weight is 753 g/mol. The summed E-state index contributed by atoms with van der Waals surface area (Å²) >= 11 is 0. The number of aliphatic hydroxyl groups excluding tert-OH is 2. The molecule has 0 aromatic rings. The monoisotopic (exact) mass is 752 g/mol. The summed E-state index contributed by atoms with van der Waals surface area (Å²) in [6.45, 7) is 8.90. The van der Waals surface area contributed by atoms with E-state index in [0.29, 0.717) is 86.9 Å². The molecule has 0 bridgehead atoms. The Kier molecular flexibility index (Phi) is 8.27. The minimum absolute atomic E-state index is 0.0231. The van der Waals surface area contributed by atoms with Crippen molar-refractivity contribution in [1.82, 2.24) is 0 Å². The van der Waals surface area contributed by atoms with Gasteiger partial charge in [0.25, 0.3) is 0 Å². The zero-order valence-electron chi connectivity index (χ0n) is 33.0. The van der Waals surface area contributed by atoms with Gasteiger partial charge in [0.1, 0.15) is 34.6 Å². The first-order valence-corrected chi connectivity index (χ1v) is 21.6. The summed E-state index contributed by atoms with van der Waals surface area (Å²) < 4.78 is 11.9. The Morgan fingerprint density at radius 1 is 0.444 bits per heavy atom. The number of fused-ring (bicyclic) bond motifs is 12. The second-order valence-electron chi connectivity index (χ2n) is 21.2. The lowest BCUT2D eigenvalue weighted by molar-refractivity contribution is -0.243. The van der Waals surface area contributed by atoms with Gasteiger partial charge in [-0.1, -0.05) is 27.7 Å². The maximum atomic E-state index is 12.1. The molecule has 10 aliphatic rings. The Hall–Kier alpha value is -1.88. The van der Waals surface area contributed by atoms with E-state index in [-0.39, 0.29) is 45.5 Å². The molecule has 2 heterocycles. The van der Waals surface area contributed by atoms with Crippen LogP contribution in [0.25, 0.3) is 0 Å². The fourth-order valence-electron chi connectivity index (χ4n) is 16.8. The van der Waals surface area contributed by atoms with Gasteiger partial charge in [-0.15, -0.1) is 0 Å². The van der Waals surface area contributed by atoms with Crippen LogP contribution in [0.3, 0.4) is 0 Å². The quantitative estimate of drug-likeness (QED) is 0.232. The van der Waals surface area contributed by atoms with Gasteiger partial charge in [-0.05, 0) is 138 Å². The number of Topliss-reactive ketones (excluding diaryl/α,β-unsaturated/α-hetero) is 2. The minimum Gasteiger partial charge on any atom is -0.458 e. The van der Waals surface area contributed by atoms with Crippen LogP contribution in [0, 0.1) is 57.2 Å². The van der Waals surface area contributed by atoms with Crippen LogP contribution in [-0.2, 0) is 28.7 Å². The smallest absolute Gasteiger partial charge is 0.306 e. The number of hydrogen-bond acceptors (Lipinski definition) is 10. The second-order valence-corrected chi connectivity index (χ2v) is 21.2. The predicted molar refractivity (Wildman–Crippen MR) is 195 cm³/mol. The maximum absolute atomic E-state index is 12.1. The van der Waals surface area contributed by atoms with Crippen molar-refractivity contribution in [2.24, 2.45) is 57.2 Å². The van der Waals surface area contributed by atoms with Crippen LogP contribution in [0.4, 0.5) is 0 Å². The summed E-state index contributed by atoms with van der Waals surface area (Å²) in [5, 5.41) is 44.0. The van der Waals surface area contributed by atoms with Gasteiger partial charge < -0.3 is 29.9 Å². The van der Waals surface area contributed by atoms with Crippen molar-refractivity contribution in [3.63, 3.8) is 0 Å². The summed E-state index contributed by atoms with van der Waals surface area (Å²) in [6, 6.07) is 0. The molecule has 0 aromatic carbocycles. The fourth-order valence-corrected chi connectivity index (χ4v) is 16.8. The molecule has 2 aliphatic heterocycles. The van der Waals surface area contributed by atoms with Crippen LogP contribution >= 0.6 is 0 Å². The van der Waals surface area contributed by atoms with Gasteiger partial charge in [0.05, 0.1) is 0 Å². The molecule has 300 valence electrons. The normalized spacial score (nSPS) is 57.2. The van der Waals surface area contributed by atoms with Gasteiger partial charge in [0.15, 0.2) is 11.6 Å². The van der Waals surface area contributed by atoms with Crippen LogP contribution in [0.5, 0.6) is 0 Å². The summed E-state index contributed by atoms with van der Waals surface area (Å²) in [7, 11) is 0. The van der Waals surface area contributed by atoms with Crippen LogP contribution in [-0.4, -0.2) is 78.5 Å². The summed E-state index contributed by atoms with van der Waals surface area (Å²) in [5.41, 5.74) is -3.91. The van der Waals surface area contributed by atoms with Crippen molar-refractivity contribution < 1.29 is 49.1 Å². The third-order valence-electron chi connectivity index (χ3n) is 20.2. The van der Waals surface area contributed by atoms with E-state index < -0.39 is 34.2 Å². The molecule has 10 nitrogen and oxygen atoms in total. The van der Waals surface area contributed by atoms with Crippen LogP contribution in [0.2, 0.25) is 0 Å². The van der Waals surface area contributed by atoms with Crippen molar-refractivity contribution in [3.05, 3.63) is 0 Å². The van der Waals surface area contributed by atoms with E-state index in [1.54, 1.807) is 0 Å². The van der Waals surface area contributed by atoms with E-state index in [1.807, 2.05) is 0 Å². The Balaban J connectivity index is 0.000000142. The zero-order chi connectivity index (χ0) is 38.5. The van der Waals surface area contributed by atoms with E-state index in [0.717, 1.165) is 77.0 Å².